The van der Waals surface area contributed by atoms with E-state index in [1.807, 2.05) is 12.1 Å². The Hall–Kier alpha value is -2.34. The predicted octanol–water partition coefficient (Wildman–Crippen LogP) is 4.63. The molecule has 0 aromatic heterocycles. The molecule has 142 valence electrons. The van der Waals surface area contributed by atoms with Gasteiger partial charge in [-0.25, -0.2) is 9.59 Å². The summed E-state index contributed by atoms with van der Waals surface area (Å²) in [5.74, 6) is -2.15. The molecule has 0 radical (unpaired) electrons. The van der Waals surface area contributed by atoms with Gasteiger partial charge in [0.2, 0.25) is 0 Å². The highest BCUT2D eigenvalue weighted by Crippen LogP contribution is 2.41. The molecule has 0 unspecified atom stereocenters. The second-order valence-electron chi connectivity index (χ2n) is 6.05. The van der Waals surface area contributed by atoms with Crippen LogP contribution in [0.25, 0.3) is 0 Å². The van der Waals surface area contributed by atoms with E-state index in [0.717, 1.165) is 12.8 Å². The van der Waals surface area contributed by atoms with Gasteiger partial charge in [-0.1, -0.05) is 53.5 Å². The van der Waals surface area contributed by atoms with Crippen molar-refractivity contribution in [3.8, 4) is 0 Å². The van der Waals surface area contributed by atoms with Gasteiger partial charge in [-0.05, 0) is 41.7 Å². The molecule has 0 saturated carbocycles. The minimum atomic E-state index is -1.26. The summed E-state index contributed by atoms with van der Waals surface area (Å²) in [5.41, 5.74) is 9.98. The lowest BCUT2D eigenvalue weighted by Gasteiger charge is -2.30. The molecule has 4 N–H and O–H groups in total. The summed E-state index contributed by atoms with van der Waals surface area (Å²) < 4.78 is 0. The van der Waals surface area contributed by atoms with Gasteiger partial charge in [-0.2, -0.15) is 0 Å². The van der Waals surface area contributed by atoms with Gasteiger partial charge in [0.1, 0.15) is 0 Å². The number of benzene rings is 2. The van der Waals surface area contributed by atoms with Crippen molar-refractivity contribution in [1.29, 1.82) is 0 Å². The first kappa shape index (κ1) is 21.0. The number of aliphatic carboxylic acids is 2. The van der Waals surface area contributed by atoms with E-state index in [1.165, 1.54) is 16.7 Å². The number of nitrogens with two attached hydrogens (primary N) is 1. The number of carbonyl (C=O) groups is 2. The van der Waals surface area contributed by atoms with Gasteiger partial charge in [-0.15, -0.1) is 0 Å². The number of carboxylic acid groups (broad SMARTS) is 2. The number of hydrogen-bond donors (Lipinski definition) is 3. The molecule has 0 spiro atoms. The topological polar surface area (TPSA) is 101 Å². The molecular weight excluding hydrogens is 389 g/mol. The van der Waals surface area contributed by atoms with E-state index in [4.69, 9.17) is 39.1 Å². The third-order valence-electron chi connectivity index (χ3n) is 4.25. The normalized spacial score (nSPS) is 18.3. The third-order valence-corrected chi connectivity index (χ3v) is 4.99. The minimum absolute atomic E-state index is 0.148. The van der Waals surface area contributed by atoms with Crippen molar-refractivity contribution in [2.75, 3.05) is 0 Å². The number of halogens is 2. The molecule has 1 aliphatic carbocycles. The van der Waals surface area contributed by atoms with Crippen LogP contribution in [0, 0.1) is 0 Å². The molecule has 0 amide bonds. The van der Waals surface area contributed by atoms with Crippen LogP contribution in [0.4, 0.5) is 0 Å². The maximum Gasteiger partial charge on any atom is 0.328 e. The van der Waals surface area contributed by atoms with Crippen molar-refractivity contribution in [3.05, 3.63) is 81.4 Å². The molecule has 2 aromatic carbocycles. The fourth-order valence-electron chi connectivity index (χ4n) is 3.04. The van der Waals surface area contributed by atoms with Gasteiger partial charge in [0, 0.05) is 24.1 Å². The Morgan fingerprint density at radius 1 is 0.926 bits per heavy atom. The van der Waals surface area contributed by atoms with Gasteiger partial charge in [0.25, 0.3) is 0 Å². The summed E-state index contributed by atoms with van der Waals surface area (Å²) in [6.07, 6.45) is 3.17. The van der Waals surface area contributed by atoms with Crippen LogP contribution in [0.2, 0.25) is 10.0 Å². The first-order valence-corrected chi connectivity index (χ1v) is 8.98. The van der Waals surface area contributed by atoms with Gasteiger partial charge < -0.3 is 15.9 Å². The lowest BCUT2D eigenvalue weighted by atomic mass is 9.77. The zero-order chi connectivity index (χ0) is 20.0. The molecule has 0 bridgehead atoms. The van der Waals surface area contributed by atoms with Crippen LogP contribution in [-0.2, 0) is 9.59 Å². The molecular formula is C20H19Cl2NO4. The highest BCUT2D eigenvalue weighted by Gasteiger charge is 2.26. The van der Waals surface area contributed by atoms with Gasteiger partial charge >= 0.3 is 11.9 Å². The summed E-state index contributed by atoms with van der Waals surface area (Å²) in [4.78, 5) is 19.1. The lowest BCUT2D eigenvalue weighted by Crippen LogP contribution is -2.20. The number of rotatable bonds is 3. The first-order chi connectivity index (χ1) is 12.8. The number of carboxylic acids is 2. The Balaban J connectivity index is 0.000000279. The summed E-state index contributed by atoms with van der Waals surface area (Å²) in [6, 6.07) is 14.5. The zero-order valence-electron chi connectivity index (χ0n) is 14.3. The molecule has 2 atom stereocenters. The van der Waals surface area contributed by atoms with Crippen LogP contribution in [0.15, 0.2) is 54.6 Å². The van der Waals surface area contributed by atoms with Gasteiger partial charge in [-0.3, -0.25) is 0 Å². The molecule has 0 aliphatic heterocycles. The Labute approximate surface area is 167 Å². The van der Waals surface area contributed by atoms with Gasteiger partial charge in [0.05, 0.1) is 10.0 Å². The SMILES string of the molecule is N[C@H]1CC[C@@H](c2ccc(Cl)c(Cl)c2)c2ccccc21.O=C(O)/C=C/C(=O)O. The van der Waals surface area contributed by atoms with Crippen LogP contribution >= 0.6 is 23.2 Å². The van der Waals surface area contributed by atoms with Crippen molar-refractivity contribution < 1.29 is 19.8 Å². The first-order valence-electron chi connectivity index (χ1n) is 8.23. The summed E-state index contributed by atoms with van der Waals surface area (Å²) in [6.45, 7) is 0. The highest BCUT2D eigenvalue weighted by molar-refractivity contribution is 6.42. The fraction of sp³-hybridized carbons (Fsp3) is 0.200. The van der Waals surface area contributed by atoms with Crippen molar-refractivity contribution in [3.63, 3.8) is 0 Å². The van der Waals surface area contributed by atoms with Crippen molar-refractivity contribution in [1.82, 2.24) is 0 Å². The van der Waals surface area contributed by atoms with E-state index in [9.17, 15) is 9.59 Å². The van der Waals surface area contributed by atoms with E-state index in [-0.39, 0.29) is 6.04 Å². The fourth-order valence-corrected chi connectivity index (χ4v) is 3.35. The second kappa shape index (κ2) is 9.55. The van der Waals surface area contributed by atoms with Crippen LogP contribution in [0.3, 0.4) is 0 Å². The Kier molecular flexibility index (Phi) is 7.42. The van der Waals surface area contributed by atoms with Crippen molar-refractivity contribution in [2.45, 2.75) is 24.8 Å². The average molecular weight is 408 g/mol. The van der Waals surface area contributed by atoms with E-state index in [2.05, 4.69) is 30.3 Å². The number of hydrogen-bond acceptors (Lipinski definition) is 3. The largest absolute Gasteiger partial charge is 0.478 e. The van der Waals surface area contributed by atoms with Crippen LogP contribution in [0.1, 0.15) is 41.5 Å². The maximum absolute atomic E-state index is 9.55. The Morgan fingerprint density at radius 2 is 1.52 bits per heavy atom. The predicted molar refractivity (Wildman–Crippen MR) is 105 cm³/mol. The maximum atomic E-state index is 9.55. The van der Waals surface area contributed by atoms with Crippen LogP contribution in [-0.4, -0.2) is 22.2 Å². The van der Waals surface area contributed by atoms with E-state index in [0.29, 0.717) is 28.1 Å². The highest BCUT2D eigenvalue weighted by atomic mass is 35.5. The van der Waals surface area contributed by atoms with Crippen molar-refractivity contribution >= 4 is 35.1 Å². The smallest absolute Gasteiger partial charge is 0.328 e. The molecule has 0 saturated heterocycles. The third kappa shape index (κ3) is 5.82. The van der Waals surface area contributed by atoms with Crippen LogP contribution < -0.4 is 5.73 Å². The van der Waals surface area contributed by atoms with Crippen molar-refractivity contribution in [2.24, 2.45) is 5.73 Å². The average Bonchev–Trinajstić information content (AvgIpc) is 2.64. The monoisotopic (exact) mass is 407 g/mol. The molecule has 2 aromatic rings. The van der Waals surface area contributed by atoms with E-state index < -0.39 is 11.9 Å². The quantitative estimate of drug-likeness (QED) is 0.643. The lowest BCUT2D eigenvalue weighted by molar-refractivity contribution is -0.134. The molecule has 7 heteroatoms. The molecule has 0 heterocycles. The summed E-state index contributed by atoms with van der Waals surface area (Å²) in [5, 5.41) is 16.8. The zero-order valence-corrected chi connectivity index (χ0v) is 15.8. The molecule has 27 heavy (non-hydrogen) atoms. The summed E-state index contributed by atoms with van der Waals surface area (Å²) in [7, 11) is 0. The van der Waals surface area contributed by atoms with E-state index in [1.54, 1.807) is 0 Å². The van der Waals surface area contributed by atoms with Gasteiger partial charge in [0.15, 0.2) is 0 Å². The Morgan fingerprint density at radius 3 is 2.07 bits per heavy atom. The Bertz CT molecular complexity index is 851. The molecule has 5 nitrogen and oxygen atoms in total. The molecule has 1 aliphatic rings. The molecule has 0 fully saturated rings. The standard InChI is InChI=1S/C16H15Cl2N.C4H4O4/c17-14-7-5-10(9-15(14)18)11-6-8-16(19)13-4-2-1-3-12(11)13;5-3(6)1-2-4(7)8/h1-5,7,9,11,16H,6,8,19H2;1-2H,(H,5,6)(H,7,8)/b;2-1+/t11-,16-;/m0./s1. The summed E-state index contributed by atoms with van der Waals surface area (Å²) >= 11 is 12.1. The van der Waals surface area contributed by atoms with E-state index >= 15 is 0 Å². The number of fused-ring (bicyclic) bond motifs is 1. The minimum Gasteiger partial charge on any atom is -0.478 e. The second-order valence-corrected chi connectivity index (χ2v) is 6.86. The molecule has 3 rings (SSSR count). The van der Waals surface area contributed by atoms with Crippen LogP contribution in [0.5, 0.6) is 0 Å².